The highest BCUT2D eigenvalue weighted by molar-refractivity contribution is 7.99. The standard InChI is InChI=1S/C19H18ClN3O3S/c1-12-4-3-7-23-18(25)9-14(22-19(12)23)10-27-11-17(24)21-13-5-6-16(26-2)15(20)8-13/h3-9H,10-11H2,1-2H3,(H,21,24). The van der Waals surface area contributed by atoms with Crippen LogP contribution in [0.1, 0.15) is 11.3 Å². The van der Waals surface area contributed by atoms with Crippen molar-refractivity contribution in [2.45, 2.75) is 12.7 Å². The Kier molecular flexibility index (Phi) is 6.03. The van der Waals surface area contributed by atoms with Crippen LogP contribution in [0.3, 0.4) is 0 Å². The number of methoxy groups -OCH3 is 1. The van der Waals surface area contributed by atoms with Crippen LogP contribution >= 0.6 is 23.4 Å². The minimum Gasteiger partial charge on any atom is -0.495 e. The molecule has 8 heteroatoms. The average Bonchev–Trinajstić information content (AvgIpc) is 2.63. The van der Waals surface area contributed by atoms with E-state index in [-0.39, 0.29) is 17.2 Å². The van der Waals surface area contributed by atoms with Crippen molar-refractivity contribution < 1.29 is 9.53 Å². The van der Waals surface area contributed by atoms with E-state index in [0.29, 0.717) is 33.6 Å². The van der Waals surface area contributed by atoms with E-state index in [1.54, 1.807) is 24.4 Å². The second-order valence-corrected chi connectivity index (χ2v) is 7.25. The summed E-state index contributed by atoms with van der Waals surface area (Å²) in [6, 6.07) is 10.3. The maximum atomic E-state index is 12.2. The molecule has 0 saturated carbocycles. The first-order chi connectivity index (χ1) is 13.0. The van der Waals surface area contributed by atoms with E-state index in [0.717, 1.165) is 5.56 Å². The van der Waals surface area contributed by atoms with Gasteiger partial charge in [0.05, 0.1) is 23.6 Å². The molecule has 0 unspecified atom stereocenters. The third-order valence-corrected chi connectivity index (χ3v) is 5.12. The van der Waals surface area contributed by atoms with Gasteiger partial charge in [0, 0.05) is 23.7 Å². The summed E-state index contributed by atoms with van der Waals surface area (Å²) < 4.78 is 6.60. The van der Waals surface area contributed by atoms with Crippen LogP contribution < -0.4 is 15.6 Å². The molecule has 0 aliphatic heterocycles. The van der Waals surface area contributed by atoms with Gasteiger partial charge in [-0.3, -0.25) is 14.0 Å². The number of aryl methyl sites for hydroxylation is 1. The maximum absolute atomic E-state index is 12.2. The Morgan fingerprint density at radius 2 is 2.15 bits per heavy atom. The van der Waals surface area contributed by atoms with E-state index in [1.807, 2.05) is 19.1 Å². The van der Waals surface area contributed by atoms with E-state index in [4.69, 9.17) is 16.3 Å². The van der Waals surface area contributed by atoms with Crippen molar-refractivity contribution in [3.8, 4) is 5.75 Å². The lowest BCUT2D eigenvalue weighted by molar-refractivity contribution is -0.113. The first-order valence-electron chi connectivity index (χ1n) is 8.17. The number of anilines is 1. The highest BCUT2D eigenvalue weighted by Gasteiger charge is 2.08. The largest absolute Gasteiger partial charge is 0.495 e. The van der Waals surface area contributed by atoms with Crippen molar-refractivity contribution in [1.29, 1.82) is 0 Å². The van der Waals surface area contributed by atoms with Gasteiger partial charge in [-0.25, -0.2) is 4.98 Å². The number of amides is 1. The molecule has 2 aromatic heterocycles. The second-order valence-electron chi connectivity index (χ2n) is 5.86. The number of rotatable bonds is 6. The monoisotopic (exact) mass is 403 g/mol. The molecule has 0 radical (unpaired) electrons. The van der Waals surface area contributed by atoms with E-state index in [1.165, 1.54) is 29.3 Å². The number of pyridine rings is 1. The van der Waals surface area contributed by atoms with Gasteiger partial charge >= 0.3 is 0 Å². The predicted octanol–water partition coefficient (Wildman–Crippen LogP) is 3.54. The normalized spacial score (nSPS) is 10.8. The Morgan fingerprint density at radius 3 is 2.89 bits per heavy atom. The Bertz CT molecular complexity index is 1050. The second kappa shape index (κ2) is 8.45. The smallest absolute Gasteiger partial charge is 0.258 e. The van der Waals surface area contributed by atoms with Crippen LogP contribution in [-0.2, 0) is 10.5 Å². The van der Waals surface area contributed by atoms with Gasteiger partial charge in [-0.2, -0.15) is 0 Å². The Balaban J connectivity index is 1.60. The quantitative estimate of drug-likeness (QED) is 0.681. The third-order valence-electron chi connectivity index (χ3n) is 3.86. The zero-order valence-electron chi connectivity index (χ0n) is 14.9. The van der Waals surface area contributed by atoms with Crippen LogP contribution in [0.2, 0.25) is 5.02 Å². The fraction of sp³-hybridized carbons (Fsp3) is 0.211. The number of hydrogen-bond acceptors (Lipinski definition) is 5. The molecular formula is C19H18ClN3O3S. The third kappa shape index (κ3) is 4.61. The Hall–Kier alpha value is -2.51. The number of benzene rings is 1. The summed E-state index contributed by atoms with van der Waals surface area (Å²) in [5.41, 5.74) is 2.69. The van der Waals surface area contributed by atoms with Crippen LogP contribution in [0.4, 0.5) is 5.69 Å². The molecule has 3 rings (SSSR count). The lowest BCUT2D eigenvalue weighted by atomic mass is 10.3. The molecule has 0 saturated heterocycles. The zero-order chi connectivity index (χ0) is 19.4. The van der Waals surface area contributed by atoms with Gasteiger partial charge in [0.25, 0.3) is 5.56 Å². The number of ether oxygens (including phenoxy) is 1. The summed E-state index contributed by atoms with van der Waals surface area (Å²) in [5, 5.41) is 3.21. The molecule has 0 fully saturated rings. The maximum Gasteiger partial charge on any atom is 0.258 e. The molecule has 1 N–H and O–H groups in total. The number of hydrogen-bond donors (Lipinski definition) is 1. The van der Waals surface area contributed by atoms with E-state index < -0.39 is 0 Å². The van der Waals surface area contributed by atoms with Gasteiger partial charge in [-0.05, 0) is 36.8 Å². The first-order valence-corrected chi connectivity index (χ1v) is 9.70. The van der Waals surface area contributed by atoms with Crippen LogP contribution in [0.25, 0.3) is 5.65 Å². The number of nitrogens with one attached hydrogen (secondary N) is 1. The fourth-order valence-corrected chi connectivity index (χ4v) is 3.55. The summed E-state index contributed by atoms with van der Waals surface area (Å²) in [5.74, 6) is 1.10. The predicted molar refractivity (Wildman–Crippen MR) is 109 cm³/mol. The van der Waals surface area contributed by atoms with Crippen molar-refractivity contribution in [3.63, 3.8) is 0 Å². The molecule has 0 atom stereocenters. The molecule has 140 valence electrons. The highest BCUT2D eigenvalue weighted by Crippen LogP contribution is 2.27. The van der Waals surface area contributed by atoms with Gasteiger partial charge in [0.2, 0.25) is 5.91 Å². The summed E-state index contributed by atoms with van der Waals surface area (Å²) >= 11 is 7.44. The van der Waals surface area contributed by atoms with Crippen molar-refractivity contribution in [3.05, 3.63) is 69.2 Å². The molecule has 3 aromatic rings. The number of carbonyl (C=O) groups is 1. The number of fused-ring (bicyclic) bond motifs is 1. The van der Waals surface area contributed by atoms with E-state index in [9.17, 15) is 9.59 Å². The van der Waals surface area contributed by atoms with Crippen molar-refractivity contribution in [2.24, 2.45) is 0 Å². The number of aromatic nitrogens is 2. The van der Waals surface area contributed by atoms with Crippen molar-refractivity contribution in [1.82, 2.24) is 9.38 Å². The van der Waals surface area contributed by atoms with Gasteiger partial charge in [0.15, 0.2) is 0 Å². The Morgan fingerprint density at radius 1 is 1.33 bits per heavy atom. The lowest BCUT2D eigenvalue weighted by Gasteiger charge is -2.08. The SMILES string of the molecule is COc1ccc(NC(=O)CSCc2cc(=O)n3cccc(C)c3n2)cc1Cl. The first kappa shape index (κ1) is 19.3. The number of nitrogens with zero attached hydrogens (tertiary/aromatic N) is 2. The number of halogens is 1. The van der Waals surface area contributed by atoms with Gasteiger partial charge in [-0.15, -0.1) is 11.8 Å². The van der Waals surface area contributed by atoms with E-state index in [2.05, 4.69) is 10.3 Å². The lowest BCUT2D eigenvalue weighted by Crippen LogP contribution is -2.17. The number of thioether (sulfide) groups is 1. The molecule has 0 spiro atoms. The molecule has 1 amide bonds. The van der Waals surface area contributed by atoms with Crippen LogP contribution in [0, 0.1) is 6.92 Å². The van der Waals surface area contributed by atoms with Crippen LogP contribution in [0.5, 0.6) is 5.75 Å². The van der Waals surface area contributed by atoms with E-state index >= 15 is 0 Å². The molecule has 1 aromatic carbocycles. The van der Waals surface area contributed by atoms with Crippen molar-refractivity contribution in [2.75, 3.05) is 18.2 Å². The minimum absolute atomic E-state index is 0.128. The van der Waals surface area contributed by atoms with Crippen LogP contribution in [0.15, 0.2) is 47.4 Å². The molecule has 2 heterocycles. The van der Waals surface area contributed by atoms with Gasteiger partial charge in [0.1, 0.15) is 11.4 Å². The Labute approximate surface area is 165 Å². The molecule has 0 aliphatic rings. The van der Waals surface area contributed by atoms with Crippen LogP contribution in [-0.4, -0.2) is 28.2 Å². The summed E-state index contributed by atoms with van der Waals surface area (Å²) in [4.78, 5) is 28.8. The molecule has 6 nitrogen and oxygen atoms in total. The summed E-state index contributed by atoms with van der Waals surface area (Å²) in [6.07, 6.45) is 1.70. The van der Waals surface area contributed by atoms with Crippen molar-refractivity contribution >= 4 is 40.6 Å². The summed E-state index contributed by atoms with van der Waals surface area (Å²) in [7, 11) is 1.53. The zero-order valence-corrected chi connectivity index (χ0v) is 16.4. The highest BCUT2D eigenvalue weighted by atomic mass is 35.5. The topological polar surface area (TPSA) is 72.7 Å². The van der Waals surface area contributed by atoms with Gasteiger partial charge < -0.3 is 10.1 Å². The number of carbonyl (C=O) groups excluding carboxylic acids is 1. The molecule has 27 heavy (non-hydrogen) atoms. The molecular weight excluding hydrogens is 386 g/mol. The summed E-state index contributed by atoms with van der Waals surface area (Å²) in [6.45, 7) is 1.91. The fourth-order valence-electron chi connectivity index (χ4n) is 2.57. The van der Waals surface area contributed by atoms with Gasteiger partial charge in [-0.1, -0.05) is 17.7 Å². The molecule has 0 aliphatic carbocycles. The minimum atomic E-state index is -0.157. The molecule has 0 bridgehead atoms. The average molecular weight is 404 g/mol.